The van der Waals surface area contributed by atoms with E-state index in [-0.39, 0.29) is 11.9 Å². The topological polar surface area (TPSA) is 120 Å². The van der Waals surface area contributed by atoms with E-state index in [1.807, 2.05) is 23.5 Å². The number of carbonyl (C=O) groups is 2. The summed E-state index contributed by atoms with van der Waals surface area (Å²) in [6.07, 6.45) is 18.0. The zero-order chi connectivity index (χ0) is 44.0. The van der Waals surface area contributed by atoms with E-state index >= 15 is 0 Å². The lowest BCUT2D eigenvalue weighted by atomic mass is 9.48. The van der Waals surface area contributed by atoms with Crippen LogP contribution in [0.15, 0.2) is 81.0 Å². The maximum absolute atomic E-state index is 10.3. The molecule has 12 unspecified atom stereocenters. The van der Waals surface area contributed by atoms with Gasteiger partial charge in [0.15, 0.2) is 5.79 Å². The summed E-state index contributed by atoms with van der Waals surface area (Å²) in [6, 6.07) is 16.5. The van der Waals surface area contributed by atoms with E-state index in [1.165, 1.54) is 77.4 Å². The van der Waals surface area contributed by atoms with Crippen molar-refractivity contribution in [2.45, 2.75) is 131 Å². The first kappa shape index (κ1) is 45.9. The predicted molar refractivity (Wildman–Crippen MR) is 246 cm³/mol. The molecule has 0 radical (unpaired) electrons. The van der Waals surface area contributed by atoms with Crippen molar-refractivity contribution in [3.8, 4) is 0 Å². The van der Waals surface area contributed by atoms with E-state index in [2.05, 4.69) is 99.3 Å². The van der Waals surface area contributed by atoms with Gasteiger partial charge in [-0.3, -0.25) is 4.90 Å². The quantitative estimate of drug-likeness (QED) is 0.155. The summed E-state index contributed by atoms with van der Waals surface area (Å²) in [7, 11) is 2.23. The molecular formula is C51H70N2O7S2. The SMILES string of the molecule is CC1CCC2(OC1)OC1CC3C4CCC5CC(O)CCC5(C)C4=CCC3(C)C1C2C.CSc1ccc2c(c1)C(N1CCN(C)CC1)Cc1ccccc1S2.O=C(O)C=CC(=O)O. The van der Waals surface area contributed by atoms with Crippen molar-refractivity contribution >= 4 is 35.5 Å². The van der Waals surface area contributed by atoms with Crippen LogP contribution in [0, 0.1) is 46.3 Å². The summed E-state index contributed by atoms with van der Waals surface area (Å²) in [5, 5.41) is 25.9. The van der Waals surface area contributed by atoms with E-state index < -0.39 is 11.9 Å². The van der Waals surface area contributed by atoms with Crippen LogP contribution in [0.5, 0.6) is 0 Å². The number of likely N-dealkylation sites (N-methyl/N-ethyl adjacent to an activating group) is 1. The Balaban J connectivity index is 0.000000148. The molecule has 4 aliphatic carbocycles. The number of aliphatic carboxylic acids is 2. The minimum atomic E-state index is -1.26. The average molecular weight is 887 g/mol. The first-order valence-corrected chi connectivity index (χ1v) is 25.4. The number of aliphatic hydroxyl groups is 1. The summed E-state index contributed by atoms with van der Waals surface area (Å²) in [6.45, 7) is 15.4. The number of aliphatic hydroxyl groups excluding tert-OH is 1. The van der Waals surface area contributed by atoms with E-state index in [0.717, 1.165) is 57.2 Å². The number of hydrogen-bond acceptors (Lipinski definition) is 9. The van der Waals surface area contributed by atoms with E-state index in [1.54, 1.807) is 5.57 Å². The highest BCUT2D eigenvalue weighted by atomic mass is 32.2. The number of carboxylic acids is 2. The third-order valence-corrected chi connectivity index (χ3v) is 18.7. The van der Waals surface area contributed by atoms with Gasteiger partial charge < -0.3 is 29.7 Å². The molecule has 3 saturated carbocycles. The maximum Gasteiger partial charge on any atom is 0.328 e. The molecule has 1 spiro atoms. The monoisotopic (exact) mass is 886 g/mol. The molecule has 0 bridgehead atoms. The Morgan fingerprint density at radius 1 is 0.919 bits per heavy atom. The molecule has 8 aliphatic rings. The molecule has 2 aromatic carbocycles. The molecule has 12 atom stereocenters. The number of nitrogens with zero attached hydrogens (tertiary/aromatic N) is 2. The normalized spacial score (nSPS) is 38.6. The summed E-state index contributed by atoms with van der Waals surface area (Å²) in [4.78, 5) is 28.5. The molecule has 4 aliphatic heterocycles. The van der Waals surface area contributed by atoms with Gasteiger partial charge in [-0.05, 0) is 147 Å². The smallest absolute Gasteiger partial charge is 0.328 e. The largest absolute Gasteiger partial charge is 0.478 e. The second-order valence-corrected chi connectivity index (χ2v) is 22.3. The third kappa shape index (κ3) is 8.99. The van der Waals surface area contributed by atoms with Gasteiger partial charge in [0.05, 0.1) is 18.8 Å². The van der Waals surface area contributed by atoms with Crippen molar-refractivity contribution in [3.05, 3.63) is 77.4 Å². The number of rotatable bonds is 4. The van der Waals surface area contributed by atoms with Crippen LogP contribution in [0.3, 0.4) is 0 Å². The fraction of sp³-hybridized carbons (Fsp3) is 0.647. The summed E-state index contributed by atoms with van der Waals surface area (Å²) in [5.41, 5.74) is 5.47. The van der Waals surface area contributed by atoms with Crippen molar-refractivity contribution in [1.82, 2.24) is 9.80 Å². The summed E-state index contributed by atoms with van der Waals surface area (Å²) >= 11 is 3.79. The maximum atomic E-state index is 10.3. The first-order valence-electron chi connectivity index (χ1n) is 23.3. The summed E-state index contributed by atoms with van der Waals surface area (Å²) in [5.74, 6) is 1.17. The van der Waals surface area contributed by atoms with Crippen molar-refractivity contribution in [2.24, 2.45) is 46.3 Å². The second-order valence-electron chi connectivity index (χ2n) is 20.4. The van der Waals surface area contributed by atoms with Gasteiger partial charge in [0.2, 0.25) is 0 Å². The van der Waals surface area contributed by atoms with Crippen molar-refractivity contribution in [2.75, 3.05) is 46.1 Å². The van der Waals surface area contributed by atoms with Crippen molar-refractivity contribution in [1.29, 1.82) is 0 Å². The Morgan fingerprint density at radius 3 is 2.35 bits per heavy atom. The van der Waals surface area contributed by atoms with Gasteiger partial charge in [-0.1, -0.05) is 69.3 Å². The van der Waals surface area contributed by atoms with Crippen LogP contribution in [0.4, 0.5) is 0 Å². The second kappa shape index (κ2) is 18.7. The highest BCUT2D eigenvalue weighted by Gasteiger charge is 2.68. The van der Waals surface area contributed by atoms with Gasteiger partial charge in [0.1, 0.15) is 0 Å². The number of benzene rings is 2. The molecule has 9 nitrogen and oxygen atoms in total. The lowest BCUT2D eigenvalue weighted by Crippen LogP contribution is -2.50. The molecule has 338 valence electrons. The molecule has 0 aromatic heterocycles. The van der Waals surface area contributed by atoms with Gasteiger partial charge in [-0.2, -0.15) is 0 Å². The summed E-state index contributed by atoms with van der Waals surface area (Å²) < 4.78 is 13.3. The van der Waals surface area contributed by atoms with Crippen molar-refractivity contribution < 1.29 is 34.4 Å². The van der Waals surface area contributed by atoms with Crippen LogP contribution in [0.2, 0.25) is 0 Å². The lowest BCUT2D eigenvalue weighted by molar-refractivity contribution is -0.272. The van der Waals surface area contributed by atoms with Crippen LogP contribution < -0.4 is 0 Å². The third-order valence-electron chi connectivity index (χ3n) is 16.8. The average Bonchev–Trinajstić information content (AvgIpc) is 3.63. The highest BCUT2D eigenvalue weighted by Crippen LogP contribution is 2.70. The minimum absolute atomic E-state index is 0.0661. The van der Waals surface area contributed by atoms with Gasteiger partial charge >= 0.3 is 11.9 Å². The molecule has 3 N–H and O–H groups in total. The van der Waals surface area contributed by atoms with Crippen molar-refractivity contribution in [3.63, 3.8) is 0 Å². The number of fused-ring (bicyclic) bond motifs is 9. The molecule has 6 fully saturated rings. The Kier molecular flexibility index (Phi) is 13.8. The van der Waals surface area contributed by atoms with Gasteiger partial charge in [-0.25, -0.2) is 9.59 Å². The molecule has 11 heteroatoms. The molecular weight excluding hydrogens is 817 g/mol. The fourth-order valence-corrected chi connectivity index (χ4v) is 14.9. The molecule has 3 saturated heterocycles. The fourth-order valence-electron chi connectivity index (χ4n) is 13.3. The Morgan fingerprint density at radius 2 is 1.66 bits per heavy atom. The van der Waals surface area contributed by atoms with Gasteiger partial charge in [-0.15, -0.1) is 11.8 Å². The number of ether oxygens (including phenoxy) is 2. The molecule has 2 aromatic rings. The number of hydrogen-bond donors (Lipinski definition) is 3. The molecule has 62 heavy (non-hydrogen) atoms. The number of thioether (sulfide) groups is 1. The predicted octanol–water partition coefficient (Wildman–Crippen LogP) is 9.83. The van der Waals surface area contributed by atoms with E-state index in [4.69, 9.17) is 19.7 Å². The molecule has 4 heterocycles. The van der Waals surface area contributed by atoms with Crippen LogP contribution in [0.25, 0.3) is 0 Å². The first-order chi connectivity index (χ1) is 29.6. The number of carboxylic acid groups (broad SMARTS) is 2. The van der Waals surface area contributed by atoms with Crippen LogP contribution in [0.1, 0.15) is 103 Å². The Hall–Kier alpha value is -2.64. The van der Waals surface area contributed by atoms with Crippen LogP contribution in [-0.2, 0) is 25.5 Å². The lowest BCUT2D eigenvalue weighted by Gasteiger charge is -2.57. The minimum Gasteiger partial charge on any atom is -0.478 e. The molecule has 0 amide bonds. The zero-order valence-electron chi connectivity index (χ0n) is 37.8. The molecule has 10 rings (SSSR count). The van der Waals surface area contributed by atoms with Gasteiger partial charge in [0, 0.05) is 71.4 Å². The highest BCUT2D eigenvalue weighted by molar-refractivity contribution is 7.99. The zero-order valence-corrected chi connectivity index (χ0v) is 39.4. The van der Waals surface area contributed by atoms with Crippen LogP contribution >= 0.6 is 23.5 Å². The number of allylic oxidation sites excluding steroid dienone is 2. The van der Waals surface area contributed by atoms with E-state index in [0.29, 0.717) is 58.8 Å². The Bertz CT molecular complexity index is 1990. The van der Waals surface area contributed by atoms with E-state index in [9.17, 15) is 14.7 Å². The number of piperazine rings is 1. The Labute approximate surface area is 378 Å². The standard InChI is InChI=1S/C27H42O3.C20H24N2S2.C4H4O4/c1-16-7-12-27(29-15-16)17(2)24-23(30-27)14-22-20-6-5-18-13-19(28)8-10-25(18,3)21(20)9-11-26(22,24)4;1-21-9-11-22(12-10-21)18-13-15-5-3-4-6-19(15)24-20-8-7-16(23-2)14-17(18)20;5-3(6)1-2-4(7)8/h9,16-20,22-24,28H,5-8,10-15H2,1-4H3;3-8,14,18H,9-13H2,1-2H3;1-2H,(H,5,6)(H,7,8). The van der Waals surface area contributed by atoms with Crippen LogP contribution in [-0.4, -0.2) is 101 Å². The van der Waals surface area contributed by atoms with Gasteiger partial charge in [0.25, 0.3) is 0 Å².